The highest BCUT2D eigenvalue weighted by atomic mass is 35.5. The summed E-state index contributed by atoms with van der Waals surface area (Å²) in [4.78, 5) is 30.5. The predicted octanol–water partition coefficient (Wildman–Crippen LogP) is 5.12. The Kier molecular flexibility index (Phi) is 6.11. The number of carbonyl (C=O) groups is 2. The Hall–Kier alpha value is -3.77. The molecule has 1 aliphatic heterocycles. The molecule has 0 saturated carbocycles. The van der Waals surface area contributed by atoms with Crippen molar-refractivity contribution in [3.05, 3.63) is 88.6 Å². The van der Waals surface area contributed by atoms with Crippen molar-refractivity contribution >= 4 is 46.1 Å². The number of rotatable bonds is 6. The molecule has 4 rings (SSSR count). The smallest absolute Gasteiger partial charge is 0.282 e. The Morgan fingerprint density at radius 2 is 1.64 bits per heavy atom. The zero-order valence-corrected chi connectivity index (χ0v) is 19.6. The van der Waals surface area contributed by atoms with Crippen LogP contribution in [0.1, 0.15) is 11.1 Å². The number of aryl methyl sites for hydroxylation is 1. The molecule has 0 spiro atoms. The lowest BCUT2D eigenvalue weighted by molar-refractivity contribution is -0.120. The third-order valence-corrected chi connectivity index (χ3v) is 5.76. The molecule has 1 aliphatic rings. The van der Waals surface area contributed by atoms with Gasteiger partial charge < -0.3 is 15.0 Å². The molecule has 2 amide bonds. The fourth-order valence-electron chi connectivity index (χ4n) is 3.78. The van der Waals surface area contributed by atoms with Gasteiger partial charge in [0, 0.05) is 36.1 Å². The van der Waals surface area contributed by atoms with Gasteiger partial charge >= 0.3 is 0 Å². The number of nitrogens with one attached hydrogen (secondary N) is 1. The summed E-state index contributed by atoms with van der Waals surface area (Å²) in [7, 11) is 5.44. The monoisotopic (exact) mass is 461 g/mol. The summed E-state index contributed by atoms with van der Waals surface area (Å²) >= 11 is 6.20. The van der Waals surface area contributed by atoms with E-state index in [2.05, 4.69) is 5.32 Å². The first kappa shape index (κ1) is 22.4. The zero-order chi connectivity index (χ0) is 23.7. The maximum Gasteiger partial charge on any atom is 0.282 e. The summed E-state index contributed by atoms with van der Waals surface area (Å²) in [6, 6.07) is 19.9. The van der Waals surface area contributed by atoms with Crippen molar-refractivity contribution < 1.29 is 14.3 Å². The lowest BCUT2D eigenvalue weighted by Crippen LogP contribution is -2.33. The molecule has 0 fully saturated rings. The number of amides is 2. The van der Waals surface area contributed by atoms with E-state index in [1.807, 2.05) is 56.3 Å². The van der Waals surface area contributed by atoms with Gasteiger partial charge in [0.1, 0.15) is 11.4 Å². The van der Waals surface area contributed by atoms with Crippen LogP contribution in [0.15, 0.2) is 72.4 Å². The van der Waals surface area contributed by atoms with Gasteiger partial charge in [-0.05, 0) is 55.0 Å². The summed E-state index contributed by atoms with van der Waals surface area (Å²) in [5.41, 5.74) is 3.88. The first-order valence-electron chi connectivity index (χ1n) is 10.4. The van der Waals surface area contributed by atoms with E-state index in [1.54, 1.807) is 36.4 Å². The zero-order valence-electron chi connectivity index (χ0n) is 18.8. The molecule has 3 aromatic rings. The molecule has 0 saturated heterocycles. The summed E-state index contributed by atoms with van der Waals surface area (Å²) in [6.45, 7) is 1.83. The van der Waals surface area contributed by atoms with Crippen LogP contribution < -0.4 is 19.9 Å². The summed E-state index contributed by atoms with van der Waals surface area (Å²) in [5, 5.41) is 3.62. The van der Waals surface area contributed by atoms with Crippen LogP contribution in [0, 0.1) is 6.92 Å². The van der Waals surface area contributed by atoms with Crippen LogP contribution in [0.3, 0.4) is 0 Å². The highest BCUT2D eigenvalue weighted by molar-refractivity contribution is 6.46. The molecule has 33 heavy (non-hydrogen) atoms. The lowest BCUT2D eigenvalue weighted by Gasteiger charge is -2.18. The van der Waals surface area contributed by atoms with E-state index in [1.165, 1.54) is 12.0 Å². The molecule has 0 atom stereocenters. The average molecular weight is 462 g/mol. The van der Waals surface area contributed by atoms with Crippen molar-refractivity contribution in [2.45, 2.75) is 6.92 Å². The van der Waals surface area contributed by atoms with Gasteiger partial charge in [-0.3, -0.25) is 9.59 Å². The van der Waals surface area contributed by atoms with E-state index < -0.39 is 11.8 Å². The molecule has 0 aromatic heterocycles. The molecule has 0 bridgehead atoms. The number of carbonyl (C=O) groups excluding carboxylic acids is 2. The number of benzene rings is 3. The van der Waals surface area contributed by atoms with Gasteiger partial charge in [-0.1, -0.05) is 35.9 Å². The van der Waals surface area contributed by atoms with E-state index in [4.69, 9.17) is 16.3 Å². The van der Waals surface area contributed by atoms with Crippen molar-refractivity contribution in [2.75, 3.05) is 36.3 Å². The number of anilines is 3. The van der Waals surface area contributed by atoms with Crippen molar-refractivity contribution in [3.8, 4) is 5.75 Å². The van der Waals surface area contributed by atoms with Crippen molar-refractivity contribution in [1.82, 2.24) is 0 Å². The van der Waals surface area contributed by atoms with Gasteiger partial charge in [0.25, 0.3) is 11.8 Å². The topological polar surface area (TPSA) is 61.9 Å². The van der Waals surface area contributed by atoms with Gasteiger partial charge in [-0.2, -0.15) is 0 Å². The Morgan fingerprint density at radius 1 is 0.939 bits per heavy atom. The molecule has 0 unspecified atom stereocenters. The summed E-state index contributed by atoms with van der Waals surface area (Å²) < 4.78 is 5.50. The predicted molar refractivity (Wildman–Crippen MR) is 133 cm³/mol. The number of hydrogen-bond donors (Lipinski definition) is 1. The van der Waals surface area contributed by atoms with Crippen LogP contribution in [0.5, 0.6) is 5.75 Å². The number of nitrogens with zero attached hydrogens (tertiary/aromatic N) is 2. The Balaban J connectivity index is 1.85. The number of halogens is 1. The number of hydrogen-bond acceptors (Lipinski definition) is 5. The van der Waals surface area contributed by atoms with Gasteiger partial charge in [-0.15, -0.1) is 0 Å². The fourth-order valence-corrected chi connectivity index (χ4v) is 3.94. The normalized spacial score (nSPS) is 13.5. The molecular weight excluding hydrogens is 438 g/mol. The number of imide groups is 1. The maximum absolute atomic E-state index is 13.7. The van der Waals surface area contributed by atoms with E-state index in [9.17, 15) is 9.59 Å². The Labute approximate surface area is 198 Å². The highest BCUT2D eigenvalue weighted by Crippen LogP contribution is 2.39. The number of para-hydroxylation sites is 1. The van der Waals surface area contributed by atoms with Gasteiger partial charge in [-0.25, -0.2) is 4.90 Å². The standard InChI is InChI=1S/C26H24ClN3O3/c1-16-9-10-17(27)15-21(16)30-25(31)23(20-7-5-6-8-22(20)33-4)24(26(30)32)28-18-11-13-19(14-12-18)29(2)3/h5-15,28H,1-4H3. The van der Waals surface area contributed by atoms with Crippen molar-refractivity contribution in [2.24, 2.45) is 0 Å². The van der Waals surface area contributed by atoms with Crippen LogP contribution >= 0.6 is 11.6 Å². The van der Waals surface area contributed by atoms with Crippen LogP contribution in [-0.4, -0.2) is 33.0 Å². The van der Waals surface area contributed by atoms with E-state index in [0.717, 1.165) is 11.3 Å². The first-order valence-corrected chi connectivity index (χ1v) is 10.8. The van der Waals surface area contributed by atoms with Crippen LogP contribution in [0.25, 0.3) is 5.57 Å². The van der Waals surface area contributed by atoms with Crippen molar-refractivity contribution in [3.63, 3.8) is 0 Å². The van der Waals surface area contributed by atoms with Gasteiger partial charge in [0.15, 0.2) is 0 Å². The molecule has 6 nitrogen and oxygen atoms in total. The molecule has 1 heterocycles. The maximum atomic E-state index is 13.7. The molecule has 0 radical (unpaired) electrons. The molecule has 168 valence electrons. The fraction of sp³-hybridized carbons (Fsp3) is 0.154. The SMILES string of the molecule is COc1ccccc1C1=C(Nc2ccc(N(C)C)cc2)C(=O)N(c2cc(Cl)ccc2C)C1=O. The minimum Gasteiger partial charge on any atom is -0.496 e. The molecule has 1 N–H and O–H groups in total. The third-order valence-electron chi connectivity index (χ3n) is 5.53. The largest absolute Gasteiger partial charge is 0.496 e. The molecule has 3 aromatic carbocycles. The Bertz CT molecular complexity index is 1270. The van der Waals surface area contributed by atoms with E-state index in [-0.39, 0.29) is 11.3 Å². The molecule has 0 aliphatic carbocycles. The second-order valence-corrected chi connectivity index (χ2v) is 8.33. The number of ether oxygens (including phenoxy) is 1. The van der Waals surface area contributed by atoms with Crippen LogP contribution in [0.4, 0.5) is 17.1 Å². The first-order chi connectivity index (χ1) is 15.8. The molecular formula is C26H24ClN3O3. The summed E-state index contributed by atoms with van der Waals surface area (Å²) in [6.07, 6.45) is 0. The number of methoxy groups -OCH3 is 1. The minimum atomic E-state index is -0.456. The second-order valence-electron chi connectivity index (χ2n) is 7.89. The minimum absolute atomic E-state index is 0.182. The quantitative estimate of drug-likeness (QED) is 0.516. The second kappa shape index (κ2) is 9.00. The van der Waals surface area contributed by atoms with Crippen molar-refractivity contribution in [1.29, 1.82) is 0 Å². The van der Waals surface area contributed by atoms with Gasteiger partial charge in [0.2, 0.25) is 0 Å². The highest BCUT2D eigenvalue weighted by Gasteiger charge is 2.41. The van der Waals surface area contributed by atoms with E-state index in [0.29, 0.717) is 27.7 Å². The van der Waals surface area contributed by atoms with Crippen LogP contribution in [0.2, 0.25) is 5.02 Å². The lowest BCUT2D eigenvalue weighted by atomic mass is 10.0. The Morgan fingerprint density at radius 3 is 2.30 bits per heavy atom. The van der Waals surface area contributed by atoms with Gasteiger partial charge in [0.05, 0.1) is 18.4 Å². The average Bonchev–Trinajstić information content (AvgIpc) is 3.04. The molecule has 7 heteroatoms. The van der Waals surface area contributed by atoms with Crippen LogP contribution in [-0.2, 0) is 9.59 Å². The third kappa shape index (κ3) is 4.17. The van der Waals surface area contributed by atoms with E-state index >= 15 is 0 Å². The summed E-state index contributed by atoms with van der Waals surface area (Å²) in [5.74, 6) is -0.397.